The van der Waals surface area contributed by atoms with Crippen molar-refractivity contribution in [3.8, 4) is 5.75 Å². The Labute approximate surface area is 121 Å². The SMILES string of the molecule is CNCc1ccc(OC(C)C(=O)N(C)C)c(C(F)(F)F)c1. The molecular weight excluding hydrogens is 285 g/mol. The van der Waals surface area contributed by atoms with Crippen LogP contribution in [-0.2, 0) is 17.5 Å². The highest BCUT2D eigenvalue weighted by atomic mass is 19.4. The number of benzene rings is 1. The summed E-state index contributed by atoms with van der Waals surface area (Å²) in [5.74, 6) is -0.743. The molecule has 1 aromatic carbocycles. The van der Waals surface area contributed by atoms with Crippen LogP contribution in [-0.4, -0.2) is 38.1 Å². The number of halogens is 3. The van der Waals surface area contributed by atoms with Crippen LogP contribution in [0, 0.1) is 0 Å². The van der Waals surface area contributed by atoms with Crippen molar-refractivity contribution in [3.63, 3.8) is 0 Å². The van der Waals surface area contributed by atoms with Gasteiger partial charge in [0.05, 0.1) is 5.56 Å². The van der Waals surface area contributed by atoms with Crippen molar-refractivity contribution in [2.75, 3.05) is 21.1 Å². The summed E-state index contributed by atoms with van der Waals surface area (Å²) in [4.78, 5) is 13.0. The van der Waals surface area contributed by atoms with Gasteiger partial charge in [0.25, 0.3) is 5.91 Å². The molecule has 0 bridgehead atoms. The summed E-state index contributed by atoms with van der Waals surface area (Å²) < 4.78 is 44.4. The number of hydrogen-bond donors (Lipinski definition) is 1. The molecule has 7 heteroatoms. The van der Waals surface area contributed by atoms with Gasteiger partial charge in [-0.2, -0.15) is 13.2 Å². The number of amides is 1. The monoisotopic (exact) mass is 304 g/mol. The fourth-order valence-electron chi connectivity index (χ4n) is 1.82. The Balaban J connectivity index is 3.09. The van der Waals surface area contributed by atoms with Gasteiger partial charge in [0.15, 0.2) is 6.10 Å². The predicted octanol–water partition coefficient (Wildman–Crippen LogP) is 2.28. The maximum atomic E-state index is 13.1. The van der Waals surface area contributed by atoms with Crippen LogP contribution in [0.1, 0.15) is 18.1 Å². The lowest BCUT2D eigenvalue weighted by Crippen LogP contribution is -2.35. The van der Waals surface area contributed by atoms with E-state index in [1.165, 1.54) is 38.1 Å². The first-order valence-electron chi connectivity index (χ1n) is 6.39. The molecule has 1 amide bonds. The van der Waals surface area contributed by atoms with E-state index in [1.807, 2.05) is 0 Å². The van der Waals surface area contributed by atoms with Gasteiger partial charge in [-0.25, -0.2) is 0 Å². The van der Waals surface area contributed by atoms with E-state index in [0.717, 1.165) is 6.07 Å². The van der Waals surface area contributed by atoms with Crippen LogP contribution in [0.5, 0.6) is 5.75 Å². The molecule has 0 aromatic heterocycles. The van der Waals surface area contributed by atoms with Gasteiger partial charge >= 0.3 is 6.18 Å². The van der Waals surface area contributed by atoms with Crippen molar-refractivity contribution in [2.45, 2.75) is 25.7 Å². The summed E-state index contributed by atoms with van der Waals surface area (Å²) >= 11 is 0. The highest BCUT2D eigenvalue weighted by Crippen LogP contribution is 2.37. The first-order valence-corrected chi connectivity index (χ1v) is 6.39. The van der Waals surface area contributed by atoms with Crippen molar-refractivity contribution in [1.29, 1.82) is 0 Å². The minimum absolute atomic E-state index is 0.315. The van der Waals surface area contributed by atoms with Crippen molar-refractivity contribution in [2.24, 2.45) is 0 Å². The molecule has 0 saturated carbocycles. The molecule has 1 N–H and O–H groups in total. The van der Waals surface area contributed by atoms with E-state index in [2.05, 4.69) is 5.32 Å². The molecule has 4 nitrogen and oxygen atoms in total. The van der Waals surface area contributed by atoms with Crippen LogP contribution >= 0.6 is 0 Å². The zero-order valence-corrected chi connectivity index (χ0v) is 12.4. The smallest absolute Gasteiger partial charge is 0.419 e. The van der Waals surface area contributed by atoms with Gasteiger partial charge in [-0.3, -0.25) is 4.79 Å². The van der Waals surface area contributed by atoms with Crippen LogP contribution in [0.15, 0.2) is 18.2 Å². The summed E-state index contributed by atoms with van der Waals surface area (Å²) in [7, 11) is 4.68. The molecular formula is C14H19F3N2O2. The van der Waals surface area contributed by atoms with Gasteiger partial charge in [-0.1, -0.05) is 6.07 Å². The second-order valence-electron chi connectivity index (χ2n) is 4.85. The first kappa shape index (κ1) is 17.3. The maximum Gasteiger partial charge on any atom is 0.419 e. The standard InChI is InChI=1S/C14H19F3N2O2/c1-9(13(20)19(3)4)21-12-6-5-10(8-18-2)7-11(12)14(15,16)17/h5-7,9,18H,8H2,1-4H3. The normalized spacial score (nSPS) is 12.9. The highest BCUT2D eigenvalue weighted by molar-refractivity contribution is 5.80. The van der Waals surface area contributed by atoms with E-state index in [1.54, 1.807) is 7.05 Å². The van der Waals surface area contributed by atoms with Gasteiger partial charge < -0.3 is 15.0 Å². The molecule has 0 spiro atoms. The lowest BCUT2D eigenvalue weighted by molar-refractivity contribution is -0.142. The summed E-state index contributed by atoms with van der Waals surface area (Å²) in [6.07, 6.45) is -5.53. The topological polar surface area (TPSA) is 41.6 Å². The van der Waals surface area contributed by atoms with Crippen LogP contribution in [0.25, 0.3) is 0 Å². The first-order chi connectivity index (χ1) is 9.66. The average Bonchev–Trinajstić information content (AvgIpc) is 2.38. The number of carbonyl (C=O) groups excluding carboxylic acids is 1. The summed E-state index contributed by atoms with van der Waals surface area (Å²) in [6, 6.07) is 3.81. The molecule has 0 saturated heterocycles. The Bertz CT molecular complexity index is 501. The Hall–Kier alpha value is -1.76. The number of rotatable bonds is 5. The van der Waals surface area contributed by atoms with Gasteiger partial charge in [0.1, 0.15) is 5.75 Å². The zero-order valence-electron chi connectivity index (χ0n) is 12.4. The molecule has 0 aliphatic rings. The second-order valence-corrected chi connectivity index (χ2v) is 4.85. The third-order valence-corrected chi connectivity index (χ3v) is 2.82. The number of likely N-dealkylation sites (N-methyl/N-ethyl adjacent to an activating group) is 1. The van der Waals surface area contributed by atoms with Crippen molar-refractivity contribution in [1.82, 2.24) is 10.2 Å². The lowest BCUT2D eigenvalue weighted by atomic mass is 10.1. The maximum absolute atomic E-state index is 13.1. The molecule has 0 aliphatic heterocycles. The molecule has 0 heterocycles. The molecule has 1 aromatic rings. The summed E-state index contributed by atoms with van der Waals surface area (Å²) in [5, 5.41) is 2.79. The van der Waals surface area contributed by atoms with E-state index in [0.29, 0.717) is 12.1 Å². The third kappa shape index (κ3) is 4.63. The number of hydrogen-bond acceptors (Lipinski definition) is 3. The molecule has 21 heavy (non-hydrogen) atoms. The Morgan fingerprint density at radius 2 is 2.00 bits per heavy atom. The Morgan fingerprint density at radius 3 is 2.48 bits per heavy atom. The summed E-state index contributed by atoms with van der Waals surface area (Å²) in [5.41, 5.74) is -0.391. The van der Waals surface area contributed by atoms with Gasteiger partial charge in [-0.05, 0) is 31.7 Å². The number of carbonyl (C=O) groups is 1. The lowest BCUT2D eigenvalue weighted by Gasteiger charge is -2.21. The van der Waals surface area contributed by atoms with Crippen LogP contribution < -0.4 is 10.1 Å². The fourth-order valence-corrected chi connectivity index (χ4v) is 1.82. The zero-order chi connectivity index (χ0) is 16.2. The van der Waals surface area contributed by atoms with E-state index in [-0.39, 0.29) is 5.75 Å². The Kier molecular flexibility index (Phi) is 5.60. The third-order valence-electron chi connectivity index (χ3n) is 2.82. The molecule has 1 atom stereocenters. The van der Waals surface area contributed by atoms with Gasteiger partial charge in [0, 0.05) is 20.6 Å². The Morgan fingerprint density at radius 1 is 1.38 bits per heavy atom. The molecule has 0 fully saturated rings. The van der Waals surface area contributed by atoms with Crippen LogP contribution in [0.2, 0.25) is 0 Å². The highest BCUT2D eigenvalue weighted by Gasteiger charge is 2.35. The molecule has 1 rings (SSSR count). The molecule has 1 unspecified atom stereocenters. The van der Waals surface area contributed by atoms with Crippen LogP contribution in [0.4, 0.5) is 13.2 Å². The van der Waals surface area contributed by atoms with E-state index < -0.39 is 23.8 Å². The van der Waals surface area contributed by atoms with E-state index in [9.17, 15) is 18.0 Å². The second kappa shape index (κ2) is 6.80. The fraction of sp³-hybridized carbons (Fsp3) is 0.500. The van der Waals surface area contributed by atoms with Crippen molar-refractivity contribution in [3.05, 3.63) is 29.3 Å². The largest absolute Gasteiger partial charge is 0.480 e. The van der Waals surface area contributed by atoms with Crippen LogP contribution in [0.3, 0.4) is 0 Å². The van der Waals surface area contributed by atoms with Crippen molar-refractivity contribution < 1.29 is 22.7 Å². The van der Waals surface area contributed by atoms with Gasteiger partial charge in [-0.15, -0.1) is 0 Å². The minimum atomic E-state index is -4.54. The average molecular weight is 304 g/mol. The quantitative estimate of drug-likeness (QED) is 0.907. The van der Waals surface area contributed by atoms with E-state index >= 15 is 0 Å². The number of ether oxygens (including phenoxy) is 1. The predicted molar refractivity (Wildman–Crippen MR) is 73.0 cm³/mol. The van der Waals surface area contributed by atoms with Gasteiger partial charge in [0.2, 0.25) is 0 Å². The van der Waals surface area contributed by atoms with Crippen molar-refractivity contribution >= 4 is 5.91 Å². The number of nitrogens with zero attached hydrogens (tertiary/aromatic N) is 1. The number of alkyl halides is 3. The molecule has 0 aliphatic carbocycles. The number of nitrogens with one attached hydrogen (secondary N) is 1. The molecule has 118 valence electrons. The molecule has 0 radical (unpaired) electrons. The summed E-state index contributed by atoms with van der Waals surface area (Å²) in [6.45, 7) is 1.74. The minimum Gasteiger partial charge on any atom is -0.480 e. The van der Waals surface area contributed by atoms with E-state index in [4.69, 9.17) is 4.74 Å².